The van der Waals surface area contributed by atoms with Crippen molar-refractivity contribution in [3.8, 4) is 0 Å². The van der Waals surface area contributed by atoms with Crippen LogP contribution in [0.2, 0.25) is 0 Å². The molecule has 7 heterocycles. The minimum absolute atomic E-state index is 0.00136. The van der Waals surface area contributed by atoms with Gasteiger partial charge in [0, 0.05) is 74.9 Å². The maximum atomic E-state index is 14.6. The maximum Gasteiger partial charge on any atom is 0.419 e. The molecule has 33 heteroatoms. The van der Waals surface area contributed by atoms with E-state index in [1.807, 2.05) is 0 Å². The third-order valence-electron chi connectivity index (χ3n) is 14.2. The Morgan fingerprint density at radius 3 is 1.38 bits per heavy atom. The SMILES string of the molecule is CCc1c(N2CCN(C(=O)OC(C)(C)C)CC2)c(=O)n2nc(Br)nc2n1CC(=O)Nc1ccc(C(F)(F)F)c(F)c1C.CCc1c(N2CCN(C(=O)OC(C)(C)C)CC2)c(=O)n2nc(C3=COCCO3)nc2n1CC(=O)Nc1ccc(C(F)(F)F)c(F)c1C. The molecule has 89 heavy (non-hydrogen) atoms. The fourth-order valence-electron chi connectivity index (χ4n) is 10.0. The summed E-state index contributed by atoms with van der Waals surface area (Å²) in [6.45, 7) is 18.4. The highest BCUT2D eigenvalue weighted by molar-refractivity contribution is 9.10. The number of carbonyl (C=O) groups is 4. The van der Waals surface area contributed by atoms with E-state index in [4.69, 9.17) is 18.9 Å². The van der Waals surface area contributed by atoms with Gasteiger partial charge in [0.25, 0.3) is 11.1 Å². The lowest BCUT2D eigenvalue weighted by atomic mass is 10.1. The molecule has 0 aliphatic carbocycles. The molecule has 0 spiro atoms. The number of ether oxygens (including phenoxy) is 4. The number of benzene rings is 2. The quantitative estimate of drug-likeness (QED) is 0.116. The molecule has 3 aliphatic heterocycles. The Bertz CT molecular complexity index is 3870. The van der Waals surface area contributed by atoms with E-state index in [1.165, 1.54) is 15.4 Å². The summed E-state index contributed by atoms with van der Waals surface area (Å²) in [5.74, 6) is -4.10. The average molecular weight is 1330 g/mol. The van der Waals surface area contributed by atoms with Crippen molar-refractivity contribution >= 4 is 80.0 Å². The zero-order valence-electron chi connectivity index (χ0n) is 50.1. The first-order chi connectivity index (χ1) is 41.6. The summed E-state index contributed by atoms with van der Waals surface area (Å²) in [7, 11) is 0. The molecule has 482 valence electrons. The lowest BCUT2D eigenvalue weighted by Gasteiger charge is -2.37. The van der Waals surface area contributed by atoms with Gasteiger partial charge in [-0.2, -0.15) is 45.3 Å². The highest BCUT2D eigenvalue weighted by atomic mass is 79.9. The zero-order valence-corrected chi connectivity index (χ0v) is 51.7. The standard InChI is InChI=1S/C30H35F4N7O6.C26H30BrF4N7O4/c1-6-20-24(38-9-11-39(12-10-38)28(44)47-29(3,4)5)26(43)41-27(36-25(37-41)21-16-45-13-14-46-21)40(20)15-22(42)35-19-8-7-18(30(32,33)34)23(31)17(19)2;1-6-17-20(35-9-11-36(12-10-35)24(41)42-25(3,4)5)21(40)38-23(33-22(27)34-38)37(17)13-18(39)32-16-8-7-15(26(29,30)31)19(28)14(16)2/h7-8,16H,6,9-15H2,1-5H3,(H,35,42);7-8H,6,9-13H2,1-5H3,(H,32,39). The van der Waals surface area contributed by atoms with Crippen molar-refractivity contribution in [2.75, 3.05) is 86.0 Å². The van der Waals surface area contributed by atoms with E-state index in [1.54, 1.807) is 75.0 Å². The largest absolute Gasteiger partial charge is 0.494 e. The normalized spacial score (nSPS) is 15.1. The molecule has 0 bridgehead atoms. The van der Waals surface area contributed by atoms with Crippen LogP contribution in [-0.4, -0.2) is 149 Å². The van der Waals surface area contributed by atoms with Gasteiger partial charge in [-0.1, -0.05) is 13.8 Å². The molecular formula is C56H65BrF8N14O10. The molecule has 2 fully saturated rings. The number of carbonyl (C=O) groups excluding carboxylic acids is 4. The van der Waals surface area contributed by atoms with Crippen molar-refractivity contribution in [1.29, 1.82) is 0 Å². The number of rotatable bonds is 11. The number of aromatic nitrogens is 8. The summed E-state index contributed by atoms with van der Waals surface area (Å²) in [5, 5.41) is 13.4. The van der Waals surface area contributed by atoms with Gasteiger partial charge in [0.1, 0.15) is 66.8 Å². The van der Waals surface area contributed by atoms with Crippen LogP contribution in [0.4, 0.5) is 67.5 Å². The van der Waals surface area contributed by atoms with Crippen LogP contribution in [0, 0.1) is 25.5 Å². The third kappa shape index (κ3) is 14.8. The molecule has 2 aromatic carbocycles. The molecule has 24 nitrogen and oxygen atoms in total. The predicted octanol–water partition coefficient (Wildman–Crippen LogP) is 8.34. The van der Waals surface area contributed by atoms with Gasteiger partial charge in [0.2, 0.25) is 39.7 Å². The lowest BCUT2D eigenvalue weighted by Crippen LogP contribution is -2.51. The van der Waals surface area contributed by atoms with Crippen molar-refractivity contribution in [3.63, 3.8) is 0 Å². The molecule has 4 aromatic heterocycles. The molecule has 6 aromatic rings. The number of piperazine rings is 2. The van der Waals surface area contributed by atoms with Crippen LogP contribution in [0.25, 0.3) is 17.3 Å². The number of hydrogen-bond donors (Lipinski definition) is 2. The first-order valence-corrected chi connectivity index (χ1v) is 28.8. The van der Waals surface area contributed by atoms with Gasteiger partial charge in [-0.05, 0) is 108 Å². The fraction of sp³-hybridized carbons (Fsp3) is 0.500. The Labute approximate surface area is 511 Å². The highest BCUT2D eigenvalue weighted by Crippen LogP contribution is 2.37. The molecule has 3 aliphatic rings. The van der Waals surface area contributed by atoms with Crippen LogP contribution < -0.4 is 31.6 Å². The first-order valence-electron chi connectivity index (χ1n) is 28.0. The van der Waals surface area contributed by atoms with Gasteiger partial charge < -0.3 is 58.3 Å². The van der Waals surface area contributed by atoms with E-state index < -0.39 is 94.5 Å². The molecular weight excluding hydrogens is 1260 g/mol. The van der Waals surface area contributed by atoms with Gasteiger partial charge in [0.15, 0.2) is 0 Å². The average Bonchev–Trinajstić information content (AvgIpc) is 1.73. The van der Waals surface area contributed by atoms with Crippen LogP contribution >= 0.6 is 15.9 Å². The lowest BCUT2D eigenvalue weighted by molar-refractivity contribution is -0.140. The van der Waals surface area contributed by atoms with Crippen LogP contribution in [-0.2, 0) is 66.8 Å². The van der Waals surface area contributed by atoms with Crippen LogP contribution in [0.3, 0.4) is 0 Å². The van der Waals surface area contributed by atoms with Crippen molar-refractivity contribution in [2.24, 2.45) is 0 Å². The number of halogens is 9. The van der Waals surface area contributed by atoms with Crippen molar-refractivity contribution in [3.05, 3.63) is 107 Å². The van der Waals surface area contributed by atoms with E-state index in [-0.39, 0.29) is 114 Å². The second-order valence-electron chi connectivity index (χ2n) is 22.7. The van der Waals surface area contributed by atoms with Gasteiger partial charge in [-0.15, -0.1) is 10.2 Å². The maximum absolute atomic E-state index is 14.6. The Balaban J connectivity index is 0.000000232. The fourth-order valence-corrected chi connectivity index (χ4v) is 10.4. The third-order valence-corrected chi connectivity index (χ3v) is 14.5. The number of nitrogens with one attached hydrogen (secondary N) is 2. The zero-order chi connectivity index (χ0) is 65.4. The number of fused-ring (bicyclic) bond motifs is 2. The summed E-state index contributed by atoms with van der Waals surface area (Å²) < 4.78 is 135. The first kappa shape index (κ1) is 66.4. The van der Waals surface area contributed by atoms with Crippen molar-refractivity contribution in [2.45, 2.75) is 119 Å². The second kappa shape index (κ2) is 25.9. The van der Waals surface area contributed by atoms with Crippen molar-refractivity contribution < 1.29 is 73.2 Å². The Morgan fingerprint density at radius 2 is 1.01 bits per heavy atom. The van der Waals surface area contributed by atoms with Crippen LogP contribution in [0.5, 0.6) is 0 Å². The number of amides is 4. The van der Waals surface area contributed by atoms with E-state index >= 15 is 0 Å². The minimum Gasteiger partial charge on any atom is -0.494 e. The number of hydrogen-bond acceptors (Lipinski definition) is 16. The van der Waals surface area contributed by atoms with Gasteiger partial charge in [-0.3, -0.25) is 19.2 Å². The predicted molar refractivity (Wildman–Crippen MR) is 310 cm³/mol. The number of anilines is 4. The summed E-state index contributed by atoms with van der Waals surface area (Å²) in [5.41, 5.74) is -4.83. The number of alkyl halides is 6. The molecule has 0 unspecified atom stereocenters. The molecule has 0 saturated carbocycles. The molecule has 0 radical (unpaired) electrons. The Hall–Kier alpha value is -8.52. The highest BCUT2D eigenvalue weighted by Gasteiger charge is 2.38. The van der Waals surface area contributed by atoms with E-state index in [0.717, 1.165) is 35.0 Å². The molecule has 2 saturated heterocycles. The molecule has 9 rings (SSSR count). The topological polar surface area (TPSA) is 247 Å². The summed E-state index contributed by atoms with van der Waals surface area (Å²) in [4.78, 5) is 94.8. The van der Waals surface area contributed by atoms with Gasteiger partial charge >= 0.3 is 24.5 Å². The molecule has 4 amide bonds. The van der Waals surface area contributed by atoms with Crippen molar-refractivity contribution in [1.82, 2.24) is 48.1 Å². The van der Waals surface area contributed by atoms with E-state index in [0.29, 0.717) is 49.6 Å². The molecule has 2 N–H and O–H groups in total. The monoisotopic (exact) mass is 1320 g/mol. The number of nitrogens with zero attached hydrogens (tertiary/aromatic N) is 12. The second-order valence-corrected chi connectivity index (χ2v) is 23.4. The minimum atomic E-state index is -4.91. The summed E-state index contributed by atoms with van der Waals surface area (Å²) in [6, 6.07) is 3.10. The smallest absolute Gasteiger partial charge is 0.419 e. The van der Waals surface area contributed by atoms with E-state index in [9.17, 15) is 63.9 Å². The Morgan fingerprint density at radius 1 is 0.607 bits per heavy atom. The van der Waals surface area contributed by atoms with E-state index in [2.05, 4.69) is 46.7 Å². The van der Waals surface area contributed by atoms with Gasteiger partial charge in [0.05, 0.1) is 22.5 Å². The summed E-state index contributed by atoms with van der Waals surface area (Å²) >= 11 is 3.17. The van der Waals surface area contributed by atoms with Gasteiger partial charge in [-0.25, -0.2) is 18.4 Å². The van der Waals surface area contributed by atoms with Crippen LogP contribution in [0.1, 0.15) is 94.9 Å². The molecule has 0 atom stereocenters. The Kier molecular flexibility index (Phi) is 19.3. The van der Waals surface area contributed by atoms with Crippen LogP contribution in [0.15, 0.2) is 44.9 Å². The summed E-state index contributed by atoms with van der Waals surface area (Å²) in [6.07, 6.45) is -8.84.